The average molecular weight is 319 g/mol. The molecule has 1 nitrogen and oxygen atoms in total. The molecule has 1 heteroatoms. The lowest BCUT2D eigenvalue weighted by atomic mass is 9.80. The number of unbranched alkanes of at least 4 members (excludes halogenated alkanes) is 2. The molecule has 0 spiro atoms. The molecule has 0 bridgehead atoms. The van der Waals surface area contributed by atoms with Gasteiger partial charge in [-0.05, 0) is 46.8 Å². The minimum Gasteiger partial charge on any atom is -0.507 e. The van der Waals surface area contributed by atoms with Crippen molar-refractivity contribution in [3.63, 3.8) is 0 Å². The van der Waals surface area contributed by atoms with E-state index < -0.39 is 0 Å². The lowest BCUT2D eigenvalue weighted by molar-refractivity contribution is 0.441. The lowest BCUT2D eigenvalue weighted by Gasteiger charge is -2.26. The maximum absolute atomic E-state index is 10.9. The fraction of sp³-hybridized carbons (Fsp3) is 0.727. The van der Waals surface area contributed by atoms with Crippen LogP contribution in [0.25, 0.3) is 0 Å². The SMILES string of the molecule is CCCCC(C)c1cc(C(C)(C)C)cc(C(C)CCCC)c1O. The van der Waals surface area contributed by atoms with Gasteiger partial charge in [0, 0.05) is 0 Å². The molecule has 0 saturated heterocycles. The van der Waals surface area contributed by atoms with Gasteiger partial charge >= 0.3 is 0 Å². The van der Waals surface area contributed by atoms with E-state index in [-0.39, 0.29) is 5.41 Å². The molecule has 0 aliphatic rings. The smallest absolute Gasteiger partial charge is 0.122 e. The van der Waals surface area contributed by atoms with E-state index in [9.17, 15) is 5.11 Å². The summed E-state index contributed by atoms with van der Waals surface area (Å²) in [5.74, 6) is 1.41. The van der Waals surface area contributed by atoms with Gasteiger partial charge in [0.1, 0.15) is 5.75 Å². The standard InChI is InChI=1S/C22H38O/c1-8-10-12-16(3)19-14-18(22(5,6)7)15-20(21(19)23)17(4)13-11-9-2/h14-17,23H,8-13H2,1-7H3. The first-order chi connectivity index (χ1) is 10.7. The number of hydrogen-bond donors (Lipinski definition) is 1. The highest BCUT2D eigenvalue weighted by Crippen LogP contribution is 2.40. The molecule has 2 unspecified atom stereocenters. The van der Waals surface area contributed by atoms with Crippen LogP contribution < -0.4 is 0 Å². The second-order valence-corrected chi connectivity index (χ2v) is 8.34. The number of rotatable bonds is 8. The van der Waals surface area contributed by atoms with E-state index in [0.29, 0.717) is 17.6 Å². The van der Waals surface area contributed by atoms with E-state index in [1.165, 1.54) is 31.2 Å². The fourth-order valence-electron chi connectivity index (χ4n) is 3.20. The van der Waals surface area contributed by atoms with Crippen LogP contribution in [0.3, 0.4) is 0 Å². The van der Waals surface area contributed by atoms with Crippen LogP contribution in [-0.2, 0) is 5.41 Å². The Balaban J connectivity index is 3.27. The molecule has 0 aliphatic heterocycles. The molecule has 0 fully saturated rings. The summed E-state index contributed by atoms with van der Waals surface area (Å²) >= 11 is 0. The molecule has 1 aromatic carbocycles. The third-order valence-corrected chi connectivity index (χ3v) is 5.08. The summed E-state index contributed by atoms with van der Waals surface area (Å²) in [6.45, 7) is 15.8. The predicted octanol–water partition coefficient (Wildman–Crippen LogP) is 7.28. The molecular weight excluding hydrogens is 280 g/mol. The van der Waals surface area contributed by atoms with E-state index >= 15 is 0 Å². The number of benzene rings is 1. The first-order valence-electron chi connectivity index (χ1n) is 9.59. The van der Waals surface area contributed by atoms with Crippen LogP contribution in [-0.4, -0.2) is 5.11 Å². The third kappa shape index (κ3) is 5.55. The highest BCUT2D eigenvalue weighted by molar-refractivity contribution is 5.48. The van der Waals surface area contributed by atoms with Crippen molar-refractivity contribution in [1.29, 1.82) is 0 Å². The number of hydrogen-bond acceptors (Lipinski definition) is 1. The Morgan fingerprint density at radius 1 is 0.870 bits per heavy atom. The molecule has 0 saturated carbocycles. The molecule has 0 aromatic heterocycles. The van der Waals surface area contributed by atoms with Crippen molar-refractivity contribution in [3.05, 3.63) is 28.8 Å². The first kappa shape index (κ1) is 20.1. The van der Waals surface area contributed by atoms with Crippen molar-refractivity contribution >= 4 is 0 Å². The third-order valence-electron chi connectivity index (χ3n) is 5.08. The van der Waals surface area contributed by atoms with Crippen molar-refractivity contribution in [3.8, 4) is 5.75 Å². The Hall–Kier alpha value is -0.980. The van der Waals surface area contributed by atoms with Crippen molar-refractivity contribution < 1.29 is 5.11 Å². The summed E-state index contributed by atoms with van der Waals surface area (Å²) in [7, 11) is 0. The van der Waals surface area contributed by atoms with Gasteiger partial charge in [-0.2, -0.15) is 0 Å². The van der Waals surface area contributed by atoms with Crippen LogP contribution in [0.2, 0.25) is 0 Å². The molecule has 0 aliphatic carbocycles. The summed E-state index contributed by atoms with van der Waals surface area (Å²) in [5, 5.41) is 10.9. The fourth-order valence-corrected chi connectivity index (χ4v) is 3.20. The Bertz CT molecular complexity index is 446. The van der Waals surface area contributed by atoms with E-state index in [1.807, 2.05) is 0 Å². The lowest BCUT2D eigenvalue weighted by Crippen LogP contribution is -2.13. The normalized spacial score (nSPS) is 14.7. The quantitative estimate of drug-likeness (QED) is 0.534. The zero-order chi connectivity index (χ0) is 17.6. The van der Waals surface area contributed by atoms with E-state index in [2.05, 4.69) is 60.6 Å². The topological polar surface area (TPSA) is 20.2 Å². The molecule has 1 N–H and O–H groups in total. The van der Waals surface area contributed by atoms with Crippen LogP contribution in [0.5, 0.6) is 5.75 Å². The Kier molecular flexibility index (Phi) is 7.64. The zero-order valence-electron chi connectivity index (χ0n) is 16.5. The van der Waals surface area contributed by atoms with Gasteiger partial charge in [-0.1, -0.05) is 86.3 Å². The second kappa shape index (κ2) is 8.76. The second-order valence-electron chi connectivity index (χ2n) is 8.34. The van der Waals surface area contributed by atoms with Crippen LogP contribution >= 0.6 is 0 Å². The minimum absolute atomic E-state index is 0.117. The van der Waals surface area contributed by atoms with Gasteiger partial charge in [-0.15, -0.1) is 0 Å². The summed E-state index contributed by atoms with van der Waals surface area (Å²) in [6.07, 6.45) is 7.18. The van der Waals surface area contributed by atoms with Crippen LogP contribution in [0.4, 0.5) is 0 Å². The number of phenols is 1. The minimum atomic E-state index is 0.117. The average Bonchev–Trinajstić information content (AvgIpc) is 2.49. The van der Waals surface area contributed by atoms with Crippen molar-refractivity contribution in [2.24, 2.45) is 0 Å². The summed E-state index contributed by atoms with van der Waals surface area (Å²) in [6, 6.07) is 4.51. The van der Waals surface area contributed by atoms with Crippen molar-refractivity contribution in [2.45, 2.75) is 104 Å². The summed E-state index contributed by atoms with van der Waals surface area (Å²) in [5.41, 5.74) is 3.78. The molecule has 1 rings (SSSR count). The van der Waals surface area contributed by atoms with Gasteiger partial charge in [0.2, 0.25) is 0 Å². The van der Waals surface area contributed by atoms with Gasteiger partial charge in [0.05, 0.1) is 0 Å². The zero-order valence-corrected chi connectivity index (χ0v) is 16.5. The molecule has 0 radical (unpaired) electrons. The van der Waals surface area contributed by atoms with Crippen LogP contribution in [0.15, 0.2) is 12.1 Å². The van der Waals surface area contributed by atoms with Gasteiger partial charge in [-0.3, -0.25) is 0 Å². The van der Waals surface area contributed by atoms with Gasteiger partial charge in [0.25, 0.3) is 0 Å². The van der Waals surface area contributed by atoms with Crippen LogP contribution in [0.1, 0.15) is 116 Å². The maximum atomic E-state index is 10.9. The van der Waals surface area contributed by atoms with Gasteiger partial charge in [-0.25, -0.2) is 0 Å². The molecule has 23 heavy (non-hydrogen) atoms. The van der Waals surface area contributed by atoms with Crippen molar-refractivity contribution in [2.75, 3.05) is 0 Å². The van der Waals surface area contributed by atoms with Gasteiger partial charge in [0.15, 0.2) is 0 Å². The molecule has 1 aromatic rings. The van der Waals surface area contributed by atoms with Gasteiger partial charge < -0.3 is 5.11 Å². The molecule has 132 valence electrons. The predicted molar refractivity (Wildman–Crippen MR) is 103 cm³/mol. The monoisotopic (exact) mass is 318 g/mol. The first-order valence-corrected chi connectivity index (χ1v) is 9.59. The number of aromatic hydroxyl groups is 1. The molecular formula is C22H38O. The highest BCUT2D eigenvalue weighted by atomic mass is 16.3. The Morgan fingerprint density at radius 3 is 1.57 bits per heavy atom. The van der Waals surface area contributed by atoms with Crippen molar-refractivity contribution in [1.82, 2.24) is 0 Å². The van der Waals surface area contributed by atoms with E-state index in [0.717, 1.165) is 24.0 Å². The molecule has 2 atom stereocenters. The summed E-state index contributed by atoms with van der Waals surface area (Å²) in [4.78, 5) is 0. The van der Waals surface area contributed by atoms with Crippen LogP contribution in [0, 0.1) is 0 Å². The maximum Gasteiger partial charge on any atom is 0.122 e. The molecule has 0 amide bonds. The molecule has 0 heterocycles. The Labute approximate surface area is 144 Å². The highest BCUT2D eigenvalue weighted by Gasteiger charge is 2.23. The van der Waals surface area contributed by atoms with E-state index in [1.54, 1.807) is 0 Å². The summed E-state index contributed by atoms with van der Waals surface area (Å²) < 4.78 is 0. The Morgan fingerprint density at radius 2 is 1.26 bits per heavy atom. The largest absolute Gasteiger partial charge is 0.507 e. The number of phenolic OH excluding ortho intramolecular Hbond substituents is 1. The van der Waals surface area contributed by atoms with E-state index in [4.69, 9.17) is 0 Å².